The third kappa shape index (κ3) is 10.2. The molecule has 31 heavy (non-hydrogen) atoms. The van der Waals surface area contributed by atoms with Crippen molar-refractivity contribution >= 4 is 38.2 Å². The van der Waals surface area contributed by atoms with Crippen LogP contribution in [-0.2, 0) is 13.6 Å². The van der Waals surface area contributed by atoms with E-state index < -0.39 is 22.6 Å². The molecule has 0 saturated heterocycles. The first-order chi connectivity index (χ1) is 14.3. The Morgan fingerprint density at radius 2 is 1.65 bits per heavy atom. The van der Waals surface area contributed by atoms with E-state index >= 15 is 0 Å². The molecule has 1 N–H and O–H groups in total. The molecule has 0 aliphatic heterocycles. The molecule has 0 amide bonds. The molecule has 6 nitrogen and oxygen atoms in total. The van der Waals surface area contributed by atoms with Crippen LogP contribution in [0.15, 0.2) is 18.2 Å². The van der Waals surface area contributed by atoms with Crippen molar-refractivity contribution in [1.82, 2.24) is 0 Å². The molecule has 1 rings (SSSR count). The number of carbonyl (C=O) groups is 1. The predicted molar refractivity (Wildman–Crippen MR) is 132 cm³/mol. The minimum Gasteiger partial charge on any atom is -0.493 e. The topological polar surface area (TPSA) is 74.2 Å². The summed E-state index contributed by atoms with van der Waals surface area (Å²) in [6.45, 7) is 15.2. The fraction of sp³-hybridized carbons (Fsp3) is 0.591. The van der Waals surface area contributed by atoms with E-state index in [4.69, 9.17) is 23.4 Å². The van der Waals surface area contributed by atoms with Crippen molar-refractivity contribution in [2.45, 2.75) is 70.5 Å². The van der Waals surface area contributed by atoms with Crippen LogP contribution in [-0.4, -0.2) is 57.4 Å². The Kier molecular flexibility index (Phi) is 10.7. The van der Waals surface area contributed by atoms with Crippen molar-refractivity contribution in [1.29, 1.82) is 0 Å². The molecule has 1 atom stereocenters. The van der Waals surface area contributed by atoms with Crippen LogP contribution in [0.1, 0.15) is 30.4 Å². The summed E-state index contributed by atoms with van der Waals surface area (Å²) >= 11 is 0. The lowest BCUT2D eigenvalue weighted by Crippen LogP contribution is -2.43. The van der Waals surface area contributed by atoms with Crippen LogP contribution in [0.4, 0.5) is 0 Å². The van der Waals surface area contributed by atoms with Gasteiger partial charge in [0.05, 0.1) is 14.2 Å². The molecule has 9 heteroatoms. The SMILES string of the molecule is COc1ccc(C=CC(=O)O)c(C(C)CC[Si]C(O[Si](C)(C)C)O[Si](C)(C)C)c1OC. The summed E-state index contributed by atoms with van der Waals surface area (Å²) in [7, 11) is 0.321. The second kappa shape index (κ2) is 12.0. The molecule has 0 aliphatic carbocycles. The van der Waals surface area contributed by atoms with Crippen LogP contribution < -0.4 is 9.47 Å². The smallest absolute Gasteiger partial charge is 0.328 e. The molecule has 0 spiro atoms. The fourth-order valence-electron chi connectivity index (χ4n) is 3.09. The average Bonchev–Trinajstić information content (AvgIpc) is 2.62. The first kappa shape index (κ1) is 27.6. The zero-order valence-corrected chi connectivity index (χ0v) is 23.4. The summed E-state index contributed by atoms with van der Waals surface area (Å²) in [5.74, 6) is 0.305. The van der Waals surface area contributed by atoms with E-state index in [2.05, 4.69) is 46.2 Å². The third-order valence-electron chi connectivity index (χ3n) is 4.33. The zero-order valence-electron chi connectivity index (χ0n) is 20.4. The maximum Gasteiger partial charge on any atom is 0.328 e. The minimum atomic E-state index is -1.72. The van der Waals surface area contributed by atoms with Gasteiger partial charge in [-0.15, -0.1) is 0 Å². The number of ether oxygens (including phenoxy) is 2. The molecule has 1 aromatic rings. The lowest BCUT2D eigenvalue weighted by atomic mass is 9.92. The molecule has 0 aromatic heterocycles. The molecule has 0 fully saturated rings. The van der Waals surface area contributed by atoms with E-state index in [9.17, 15) is 4.79 Å². The Bertz CT molecular complexity index is 737. The molecule has 0 heterocycles. The van der Waals surface area contributed by atoms with Gasteiger partial charge < -0.3 is 23.4 Å². The minimum absolute atomic E-state index is 0.144. The number of rotatable bonds is 13. The number of carboxylic acid groups (broad SMARTS) is 1. The largest absolute Gasteiger partial charge is 0.493 e. The van der Waals surface area contributed by atoms with E-state index in [0.29, 0.717) is 21.0 Å². The Morgan fingerprint density at radius 1 is 1.06 bits per heavy atom. The maximum atomic E-state index is 11.0. The van der Waals surface area contributed by atoms with Gasteiger partial charge in [0.25, 0.3) is 0 Å². The Hall–Kier alpha value is -1.40. The van der Waals surface area contributed by atoms with Gasteiger partial charge in [0.2, 0.25) is 0 Å². The highest BCUT2D eigenvalue weighted by atomic mass is 28.4. The Balaban J connectivity index is 3.05. The van der Waals surface area contributed by atoms with E-state index in [-0.39, 0.29) is 11.8 Å². The average molecular weight is 483 g/mol. The van der Waals surface area contributed by atoms with E-state index in [1.807, 2.05) is 6.07 Å². The first-order valence-corrected chi connectivity index (χ1v) is 18.6. The van der Waals surface area contributed by atoms with Gasteiger partial charge in [0, 0.05) is 11.6 Å². The van der Waals surface area contributed by atoms with E-state index in [1.165, 1.54) is 0 Å². The van der Waals surface area contributed by atoms with Gasteiger partial charge in [-0.2, -0.15) is 0 Å². The van der Waals surface area contributed by atoms with Crippen LogP contribution in [0.2, 0.25) is 45.3 Å². The lowest BCUT2D eigenvalue weighted by molar-refractivity contribution is -0.131. The van der Waals surface area contributed by atoms with E-state index in [1.54, 1.807) is 26.4 Å². The molecule has 0 aliphatic rings. The van der Waals surface area contributed by atoms with Gasteiger partial charge in [0.1, 0.15) is 15.4 Å². The molecular weight excluding hydrogens is 444 g/mol. The van der Waals surface area contributed by atoms with Gasteiger partial charge in [-0.25, -0.2) is 4.79 Å². The van der Waals surface area contributed by atoms with Gasteiger partial charge in [-0.3, -0.25) is 0 Å². The first-order valence-electron chi connectivity index (χ1n) is 10.5. The van der Waals surface area contributed by atoms with Gasteiger partial charge >= 0.3 is 5.97 Å². The molecule has 174 valence electrons. The van der Waals surface area contributed by atoms with Gasteiger partial charge in [-0.05, 0) is 69.3 Å². The maximum absolute atomic E-state index is 11.0. The number of hydrogen-bond acceptors (Lipinski definition) is 5. The quantitative estimate of drug-likeness (QED) is 0.230. The summed E-state index contributed by atoms with van der Waals surface area (Å²) in [5.41, 5.74) is 1.78. The van der Waals surface area contributed by atoms with Crippen molar-refractivity contribution in [3.8, 4) is 11.5 Å². The van der Waals surface area contributed by atoms with Crippen LogP contribution in [0.3, 0.4) is 0 Å². The van der Waals surface area contributed by atoms with Gasteiger partial charge in [0.15, 0.2) is 28.1 Å². The molecule has 1 aromatic carbocycles. The molecule has 0 bridgehead atoms. The summed E-state index contributed by atoms with van der Waals surface area (Å²) in [4.78, 5) is 11.0. The number of methoxy groups -OCH3 is 2. The monoisotopic (exact) mass is 482 g/mol. The summed E-state index contributed by atoms with van der Waals surface area (Å²) < 4.78 is 23.7. The van der Waals surface area contributed by atoms with Crippen molar-refractivity contribution in [2.75, 3.05) is 14.2 Å². The number of aliphatic carboxylic acids is 1. The highest BCUT2D eigenvalue weighted by Gasteiger charge is 2.27. The second-order valence-electron chi connectivity index (χ2n) is 9.41. The highest BCUT2D eigenvalue weighted by Crippen LogP contribution is 2.40. The van der Waals surface area contributed by atoms with Crippen LogP contribution in [0.25, 0.3) is 6.08 Å². The third-order valence-corrected chi connectivity index (χ3v) is 7.79. The summed E-state index contributed by atoms with van der Waals surface area (Å²) in [5, 5.41) is 9.06. The fourth-order valence-corrected chi connectivity index (χ4v) is 8.19. The lowest BCUT2D eigenvalue weighted by Gasteiger charge is -2.31. The number of benzene rings is 1. The standard InChI is InChI=1S/C22H38O6Si3/c1-16(14-15-29-22(27-30(4,5)6)28-31(7,8)9)20-17(11-13-19(23)24)10-12-18(25-2)21(20)26-3/h10-13,16,22H,14-15H2,1-9H3,(H,23,24). The summed E-state index contributed by atoms with van der Waals surface area (Å²) in [6.07, 6.45) is 3.67. The number of hydrogen-bond donors (Lipinski definition) is 1. The second-order valence-corrected chi connectivity index (χ2v) is 19.7. The van der Waals surface area contributed by atoms with Gasteiger partial charge in [-0.1, -0.05) is 19.0 Å². The van der Waals surface area contributed by atoms with Crippen molar-refractivity contribution in [3.63, 3.8) is 0 Å². The predicted octanol–water partition coefficient (Wildman–Crippen LogP) is 5.40. The Morgan fingerprint density at radius 3 is 2.10 bits per heavy atom. The molecular formula is C22H38O6Si3. The van der Waals surface area contributed by atoms with Crippen molar-refractivity contribution in [3.05, 3.63) is 29.3 Å². The van der Waals surface area contributed by atoms with E-state index in [0.717, 1.165) is 29.7 Å². The Labute approximate surface area is 192 Å². The van der Waals surface area contributed by atoms with Crippen molar-refractivity contribution < 1.29 is 28.2 Å². The summed E-state index contributed by atoms with van der Waals surface area (Å²) in [6, 6.07) is 4.63. The van der Waals surface area contributed by atoms with Crippen LogP contribution in [0, 0.1) is 0 Å². The molecule has 1 unspecified atom stereocenters. The molecule has 2 radical (unpaired) electrons. The van der Waals surface area contributed by atoms with Crippen LogP contribution in [0.5, 0.6) is 11.5 Å². The van der Waals surface area contributed by atoms with Crippen molar-refractivity contribution in [2.24, 2.45) is 0 Å². The normalized spacial score (nSPS) is 13.6. The molecule has 0 saturated carbocycles. The highest BCUT2D eigenvalue weighted by molar-refractivity contribution is 6.71. The zero-order chi connectivity index (χ0) is 23.8. The van der Waals surface area contributed by atoms with Crippen LogP contribution >= 0.6 is 0 Å². The number of carboxylic acids is 1.